The lowest BCUT2D eigenvalue weighted by molar-refractivity contribution is 0.0951. The Morgan fingerprint density at radius 2 is 2.05 bits per heavy atom. The van der Waals surface area contributed by atoms with Gasteiger partial charge in [0.15, 0.2) is 0 Å². The van der Waals surface area contributed by atoms with E-state index in [-0.39, 0.29) is 11.3 Å². The molecule has 1 amide bonds. The summed E-state index contributed by atoms with van der Waals surface area (Å²) in [5.41, 5.74) is 1.48. The molecule has 1 fully saturated rings. The van der Waals surface area contributed by atoms with Crippen molar-refractivity contribution in [3.8, 4) is 5.75 Å². The van der Waals surface area contributed by atoms with Crippen molar-refractivity contribution in [3.05, 3.63) is 47.5 Å². The van der Waals surface area contributed by atoms with Crippen LogP contribution in [0.5, 0.6) is 5.75 Å². The Morgan fingerprint density at radius 3 is 2.82 bits per heavy atom. The first kappa shape index (κ1) is 13.4. The Balaban J connectivity index is 1.54. The van der Waals surface area contributed by atoms with Gasteiger partial charge >= 0.3 is 0 Å². The lowest BCUT2D eigenvalue weighted by Gasteiger charge is -2.14. The van der Waals surface area contributed by atoms with Crippen molar-refractivity contribution < 1.29 is 9.53 Å². The molecule has 0 atom stereocenters. The van der Waals surface area contributed by atoms with E-state index >= 15 is 0 Å². The first-order valence-electron chi connectivity index (χ1n) is 7.82. The number of nitrogens with one attached hydrogen (secondary N) is 2. The fourth-order valence-corrected chi connectivity index (χ4v) is 2.92. The second-order valence-corrected chi connectivity index (χ2v) is 6.15. The molecular weight excluding hydrogens is 278 g/mol. The third-order valence-corrected chi connectivity index (χ3v) is 4.50. The van der Waals surface area contributed by atoms with Gasteiger partial charge in [-0.25, -0.2) is 4.98 Å². The molecule has 4 rings (SSSR count). The number of benzene rings is 1. The molecular formula is C17H19N3O2. The van der Waals surface area contributed by atoms with E-state index < -0.39 is 0 Å². The van der Waals surface area contributed by atoms with Crippen LogP contribution in [0.15, 0.2) is 30.3 Å². The Bertz CT molecular complexity index is 689. The van der Waals surface area contributed by atoms with Crippen molar-refractivity contribution in [2.24, 2.45) is 0 Å². The van der Waals surface area contributed by atoms with Crippen LogP contribution in [-0.2, 0) is 11.8 Å². The van der Waals surface area contributed by atoms with Crippen molar-refractivity contribution in [1.29, 1.82) is 0 Å². The van der Waals surface area contributed by atoms with Crippen LogP contribution < -0.4 is 10.1 Å². The number of rotatable bonds is 4. The Kier molecular flexibility index (Phi) is 3.13. The quantitative estimate of drug-likeness (QED) is 0.909. The number of amides is 1. The Hall–Kier alpha value is -2.30. The number of hydrogen-bond donors (Lipinski definition) is 2. The summed E-state index contributed by atoms with van der Waals surface area (Å²) in [5.74, 6) is 1.72. The number of aromatic nitrogens is 2. The zero-order valence-electron chi connectivity index (χ0n) is 12.4. The average molecular weight is 297 g/mol. The molecule has 1 aliphatic heterocycles. The van der Waals surface area contributed by atoms with Crippen molar-refractivity contribution >= 4 is 5.91 Å². The number of hydrogen-bond acceptors (Lipinski definition) is 3. The van der Waals surface area contributed by atoms with E-state index in [0.29, 0.717) is 12.3 Å². The molecule has 0 unspecified atom stereocenters. The van der Waals surface area contributed by atoms with Gasteiger partial charge in [-0.15, -0.1) is 0 Å². The standard InChI is InChI=1S/C17H19N3O2/c21-15-14-13(7-4-10-18-15)19-16(20-14)17(8-9-17)11-22-12-5-2-1-3-6-12/h1-3,5-6H,4,7-11H2,(H,18,21)(H,19,20). The van der Waals surface area contributed by atoms with Gasteiger partial charge in [0.25, 0.3) is 5.91 Å². The lowest BCUT2D eigenvalue weighted by atomic mass is 10.1. The maximum absolute atomic E-state index is 12.0. The number of carbonyl (C=O) groups is 1. The molecule has 1 aromatic carbocycles. The highest BCUT2D eigenvalue weighted by Gasteiger charge is 2.48. The SMILES string of the molecule is O=C1NCCCc2[nH]c(C3(COc4ccccc4)CC3)nc21. The van der Waals surface area contributed by atoms with E-state index in [2.05, 4.69) is 15.3 Å². The minimum atomic E-state index is -0.0604. The molecule has 1 aliphatic carbocycles. The van der Waals surface area contributed by atoms with Crippen LogP contribution in [0, 0.1) is 0 Å². The summed E-state index contributed by atoms with van der Waals surface area (Å²) >= 11 is 0. The first-order chi connectivity index (χ1) is 10.8. The average Bonchev–Trinajstić information content (AvgIpc) is 3.26. The summed E-state index contributed by atoms with van der Waals surface area (Å²) in [6.45, 7) is 1.33. The molecule has 2 aromatic rings. The van der Waals surface area contributed by atoms with Gasteiger partial charge < -0.3 is 15.0 Å². The number of nitrogens with zero attached hydrogens (tertiary/aromatic N) is 1. The van der Waals surface area contributed by atoms with Gasteiger partial charge in [0.2, 0.25) is 0 Å². The third kappa shape index (κ3) is 2.36. The number of carbonyl (C=O) groups excluding carboxylic acids is 1. The number of para-hydroxylation sites is 1. The van der Waals surface area contributed by atoms with E-state index in [1.54, 1.807) is 0 Å². The van der Waals surface area contributed by atoms with Crippen molar-refractivity contribution in [3.63, 3.8) is 0 Å². The van der Waals surface area contributed by atoms with Gasteiger partial charge in [-0.1, -0.05) is 18.2 Å². The Morgan fingerprint density at radius 1 is 1.23 bits per heavy atom. The number of imidazole rings is 1. The maximum atomic E-state index is 12.0. The Labute approximate surface area is 129 Å². The molecule has 0 spiro atoms. The largest absolute Gasteiger partial charge is 0.493 e. The number of ether oxygens (including phenoxy) is 1. The van der Waals surface area contributed by atoms with Gasteiger partial charge in [0.05, 0.1) is 5.41 Å². The second-order valence-electron chi connectivity index (χ2n) is 6.15. The highest BCUT2D eigenvalue weighted by molar-refractivity contribution is 5.93. The molecule has 114 valence electrons. The third-order valence-electron chi connectivity index (χ3n) is 4.50. The summed E-state index contributed by atoms with van der Waals surface area (Å²) < 4.78 is 5.91. The molecule has 5 heteroatoms. The predicted molar refractivity (Wildman–Crippen MR) is 82.1 cm³/mol. The second kappa shape index (κ2) is 5.16. The zero-order valence-corrected chi connectivity index (χ0v) is 12.4. The maximum Gasteiger partial charge on any atom is 0.271 e. The fourth-order valence-electron chi connectivity index (χ4n) is 2.92. The number of aryl methyl sites for hydroxylation is 1. The number of H-pyrrole nitrogens is 1. The first-order valence-corrected chi connectivity index (χ1v) is 7.82. The molecule has 0 bridgehead atoms. The summed E-state index contributed by atoms with van der Waals surface area (Å²) in [5, 5.41) is 2.89. The van der Waals surface area contributed by atoms with E-state index in [0.717, 1.165) is 49.5 Å². The molecule has 0 radical (unpaired) electrons. The topological polar surface area (TPSA) is 67.0 Å². The van der Waals surface area contributed by atoms with Crippen LogP contribution in [-0.4, -0.2) is 29.0 Å². The van der Waals surface area contributed by atoms with Crippen LogP contribution in [0.2, 0.25) is 0 Å². The van der Waals surface area contributed by atoms with Gasteiger partial charge in [-0.2, -0.15) is 0 Å². The van der Waals surface area contributed by atoms with Gasteiger partial charge in [-0.3, -0.25) is 4.79 Å². The van der Waals surface area contributed by atoms with Crippen LogP contribution in [0.4, 0.5) is 0 Å². The van der Waals surface area contributed by atoms with E-state index in [1.807, 2.05) is 30.3 Å². The van der Waals surface area contributed by atoms with E-state index in [9.17, 15) is 4.79 Å². The number of aromatic amines is 1. The van der Waals surface area contributed by atoms with Crippen LogP contribution in [0.25, 0.3) is 0 Å². The molecule has 5 nitrogen and oxygen atoms in total. The van der Waals surface area contributed by atoms with Gasteiger partial charge in [0.1, 0.15) is 23.9 Å². The van der Waals surface area contributed by atoms with Crippen LogP contribution in [0.3, 0.4) is 0 Å². The van der Waals surface area contributed by atoms with Crippen molar-refractivity contribution in [2.45, 2.75) is 31.1 Å². The molecule has 2 N–H and O–H groups in total. The van der Waals surface area contributed by atoms with Gasteiger partial charge in [-0.05, 0) is 37.8 Å². The molecule has 0 saturated heterocycles. The fraction of sp³-hybridized carbons (Fsp3) is 0.412. The highest BCUT2D eigenvalue weighted by Crippen LogP contribution is 2.47. The minimum Gasteiger partial charge on any atom is -0.493 e. The molecule has 22 heavy (non-hydrogen) atoms. The minimum absolute atomic E-state index is 0.0533. The summed E-state index contributed by atoms with van der Waals surface area (Å²) in [6.07, 6.45) is 3.92. The van der Waals surface area contributed by atoms with E-state index in [4.69, 9.17) is 4.74 Å². The van der Waals surface area contributed by atoms with Gasteiger partial charge in [0, 0.05) is 12.2 Å². The normalized spacial score (nSPS) is 19.0. The summed E-state index contributed by atoms with van der Waals surface area (Å²) in [6, 6.07) is 9.83. The smallest absolute Gasteiger partial charge is 0.271 e. The van der Waals surface area contributed by atoms with Crippen LogP contribution in [0.1, 0.15) is 41.3 Å². The monoisotopic (exact) mass is 297 g/mol. The molecule has 1 aromatic heterocycles. The highest BCUT2D eigenvalue weighted by atomic mass is 16.5. The molecule has 2 heterocycles. The molecule has 1 saturated carbocycles. The van der Waals surface area contributed by atoms with E-state index in [1.165, 1.54) is 0 Å². The van der Waals surface area contributed by atoms with Crippen molar-refractivity contribution in [1.82, 2.24) is 15.3 Å². The summed E-state index contributed by atoms with van der Waals surface area (Å²) in [4.78, 5) is 20.0. The lowest BCUT2D eigenvalue weighted by Crippen LogP contribution is -2.24. The predicted octanol–water partition coefficient (Wildman–Crippen LogP) is 2.20. The molecule has 2 aliphatic rings. The van der Waals surface area contributed by atoms with Crippen molar-refractivity contribution in [2.75, 3.05) is 13.2 Å². The van der Waals surface area contributed by atoms with Crippen LogP contribution >= 0.6 is 0 Å². The summed E-state index contributed by atoms with van der Waals surface area (Å²) in [7, 11) is 0. The zero-order chi connectivity index (χ0) is 15.0. The number of fused-ring (bicyclic) bond motifs is 1.